The second-order valence-corrected chi connectivity index (χ2v) is 13.1. The fourth-order valence-corrected chi connectivity index (χ4v) is 6.58. The van der Waals surface area contributed by atoms with Crippen molar-refractivity contribution in [3.05, 3.63) is 89.6 Å². The highest BCUT2D eigenvalue weighted by atomic mass is 32.2. The van der Waals surface area contributed by atoms with Crippen LogP contribution in [0.25, 0.3) is 32.6 Å². The lowest BCUT2D eigenvalue weighted by Crippen LogP contribution is -2.13. The number of hydrogen-bond donors (Lipinski definition) is 1. The number of rotatable bonds is 7. The highest BCUT2D eigenvalue weighted by Gasteiger charge is 2.24. The summed E-state index contributed by atoms with van der Waals surface area (Å²) in [4.78, 5) is 15.4. The van der Waals surface area contributed by atoms with Gasteiger partial charge >= 0.3 is 5.97 Å². The zero-order valence-electron chi connectivity index (χ0n) is 22.0. The lowest BCUT2D eigenvalue weighted by molar-refractivity contribution is -0.139. The van der Waals surface area contributed by atoms with Gasteiger partial charge in [-0.05, 0) is 64.9 Å². The Kier molecular flexibility index (Phi) is 6.82. The number of carboxylic acid groups (broad SMARTS) is 1. The van der Waals surface area contributed by atoms with Crippen molar-refractivity contribution in [3.63, 3.8) is 0 Å². The first-order valence-corrected chi connectivity index (χ1v) is 14.6. The summed E-state index contributed by atoms with van der Waals surface area (Å²) >= 11 is 1.45. The Morgan fingerprint density at radius 3 is 2.36 bits per heavy atom. The molecule has 39 heavy (non-hydrogen) atoms. The highest BCUT2D eigenvalue weighted by molar-refractivity contribution is 7.90. The molecular formula is C30H28N2O5S2. The maximum absolute atomic E-state index is 13.9. The molecule has 0 saturated heterocycles. The van der Waals surface area contributed by atoms with Crippen molar-refractivity contribution in [2.45, 2.75) is 38.0 Å². The second kappa shape index (κ2) is 9.98. The third kappa shape index (κ3) is 5.20. The number of fused-ring (bicyclic) bond motifs is 1. The molecule has 2 heterocycles. The fraction of sp³-hybridized carbons (Fsp3) is 0.200. The quantitative estimate of drug-likeness (QED) is 0.237. The van der Waals surface area contributed by atoms with Crippen molar-refractivity contribution < 1.29 is 23.1 Å². The molecule has 3 aromatic carbocycles. The van der Waals surface area contributed by atoms with Crippen LogP contribution in [0, 0.1) is 6.92 Å². The first kappa shape index (κ1) is 26.6. The van der Waals surface area contributed by atoms with Gasteiger partial charge in [-0.3, -0.25) is 0 Å². The van der Waals surface area contributed by atoms with Crippen LogP contribution in [0.5, 0.6) is 5.75 Å². The summed E-state index contributed by atoms with van der Waals surface area (Å²) in [6.07, 6.45) is 3.32. The number of aryl methyl sites for hydroxylation is 1. The van der Waals surface area contributed by atoms with Crippen LogP contribution in [-0.2, 0) is 20.2 Å². The van der Waals surface area contributed by atoms with Gasteiger partial charge < -0.3 is 9.84 Å². The van der Waals surface area contributed by atoms with Crippen LogP contribution in [0.1, 0.15) is 31.9 Å². The minimum absolute atomic E-state index is 0.0466. The van der Waals surface area contributed by atoms with Crippen LogP contribution in [-0.4, -0.2) is 35.1 Å². The standard InChI is InChI=1S/C30H28N2O5S2/c1-19-15-23(10-12-27(19)37-18-28(33)34)39(35,36)32-17-25(29-31-13-14-38-29)24-16-21(7-11-26(24)32)20-5-8-22(9-6-20)30(2,3)4/h5-17H,18H2,1-4H3,(H,33,34). The van der Waals surface area contributed by atoms with Gasteiger partial charge in [-0.25, -0.2) is 22.2 Å². The molecule has 2 aromatic heterocycles. The monoisotopic (exact) mass is 560 g/mol. The highest BCUT2D eigenvalue weighted by Crippen LogP contribution is 2.37. The zero-order valence-corrected chi connectivity index (χ0v) is 23.6. The van der Waals surface area contributed by atoms with Crippen molar-refractivity contribution in [1.82, 2.24) is 8.96 Å². The summed E-state index contributed by atoms with van der Waals surface area (Å²) in [6.45, 7) is 7.71. The lowest BCUT2D eigenvalue weighted by atomic mass is 9.86. The maximum Gasteiger partial charge on any atom is 0.341 e. The van der Waals surface area contributed by atoms with Crippen molar-refractivity contribution in [2.75, 3.05) is 6.61 Å². The molecular weight excluding hydrogens is 532 g/mol. The molecule has 9 heteroatoms. The number of nitrogens with zero attached hydrogens (tertiary/aromatic N) is 2. The third-order valence-corrected chi connectivity index (χ3v) is 9.05. The molecule has 0 saturated carbocycles. The molecule has 0 aliphatic rings. The van der Waals surface area contributed by atoms with E-state index in [1.54, 1.807) is 19.3 Å². The van der Waals surface area contributed by atoms with E-state index in [-0.39, 0.29) is 10.3 Å². The average molecular weight is 561 g/mol. The molecule has 7 nitrogen and oxygen atoms in total. The Hall–Kier alpha value is -3.95. The fourth-order valence-electron chi connectivity index (χ4n) is 4.47. The van der Waals surface area contributed by atoms with Gasteiger partial charge in [-0.1, -0.05) is 51.1 Å². The molecule has 5 aromatic rings. The topological polar surface area (TPSA) is 98.5 Å². The van der Waals surface area contributed by atoms with E-state index in [1.807, 2.05) is 23.6 Å². The maximum atomic E-state index is 13.9. The summed E-state index contributed by atoms with van der Waals surface area (Å²) in [7, 11) is -3.98. The van der Waals surface area contributed by atoms with E-state index in [9.17, 15) is 13.2 Å². The molecule has 0 bridgehead atoms. The molecule has 0 spiro atoms. The van der Waals surface area contributed by atoms with E-state index in [1.165, 1.54) is 39.1 Å². The Bertz CT molecular complexity index is 1780. The van der Waals surface area contributed by atoms with Gasteiger partial charge in [0.25, 0.3) is 10.0 Å². The molecule has 1 N–H and O–H groups in total. The van der Waals surface area contributed by atoms with E-state index in [0.29, 0.717) is 16.8 Å². The number of ether oxygens (including phenoxy) is 1. The van der Waals surface area contributed by atoms with Crippen LogP contribution in [0.3, 0.4) is 0 Å². The number of thiazole rings is 1. The van der Waals surface area contributed by atoms with Gasteiger partial charge in [0, 0.05) is 28.7 Å². The summed E-state index contributed by atoms with van der Waals surface area (Å²) < 4.78 is 34.3. The van der Waals surface area contributed by atoms with E-state index in [4.69, 9.17) is 9.84 Å². The molecule has 0 radical (unpaired) electrons. The summed E-state index contributed by atoms with van der Waals surface area (Å²) in [5.41, 5.74) is 5.10. The van der Waals surface area contributed by atoms with Crippen molar-refractivity contribution in [3.8, 4) is 27.4 Å². The molecule has 0 atom stereocenters. The van der Waals surface area contributed by atoms with Gasteiger partial charge in [0.15, 0.2) is 6.61 Å². The van der Waals surface area contributed by atoms with Gasteiger partial charge in [0.1, 0.15) is 10.8 Å². The van der Waals surface area contributed by atoms with Gasteiger partial charge in [0.05, 0.1) is 10.4 Å². The van der Waals surface area contributed by atoms with E-state index in [0.717, 1.165) is 27.1 Å². The van der Waals surface area contributed by atoms with E-state index < -0.39 is 22.6 Å². The molecule has 0 amide bonds. The lowest BCUT2D eigenvalue weighted by Gasteiger charge is -2.19. The molecule has 0 unspecified atom stereocenters. The van der Waals surface area contributed by atoms with E-state index >= 15 is 0 Å². The number of hydrogen-bond acceptors (Lipinski definition) is 6. The normalized spacial score (nSPS) is 12.1. The van der Waals surface area contributed by atoms with Crippen LogP contribution >= 0.6 is 11.3 Å². The smallest absolute Gasteiger partial charge is 0.341 e. The van der Waals surface area contributed by atoms with Gasteiger partial charge in [-0.2, -0.15) is 0 Å². The Balaban J connectivity index is 1.61. The van der Waals surface area contributed by atoms with E-state index in [2.05, 4.69) is 50.0 Å². The zero-order chi connectivity index (χ0) is 27.9. The average Bonchev–Trinajstić information content (AvgIpc) is 3.55. The number of carbonyl (C=O) groups is 1. The van der Waals surface area contributed by atoms with Crippen LogP contribution in [0.2, 0.25) is 0 Å². The minimum atomic E-state index is -3.98. The van der Waals surface area contributed by atoms with Gasteiger partial charge in [-0.15, -0.1) is 11.3 Å². The largest absolute Gasteiger partial charge is 0.482 e. The van der Waals surface area contributed by atoms with Crippen LogP contribution < -0.4 is 4.74 Å². The minimum Gasteiger partial charge on any atom is -0.482 e. The number of aliphatic carboxylic acids is 1. The molecule has 5 rings (SSSR count). The molecule has 200 valence electrons. The first-order valence-electron chi connectivity index (χ1n) is 12.3. The van der Waals surface area contributed by atoms with Gasteiger partial charge in [0.2, 0.25) is 0 Å². The predicted molar refractivity (Wildman–Crippen MR) is 154 cm³/mol. The summed E-state index contributed by atoms with van der Waals surface area (Å²) in [5, 5.41) is 12.3. The van der Waals surface area contributed by atoms with Crippen LogP contribution in [0.4, 0.5) is 0 Å². The predicted octanol–water partition coefficient (Wildman–Crippen LogP) is 6.74. The first-order chi connectivity index (χ1) is 18.4. The number of aromatic nitrogens is 2. The Morgan fingerprint density at radius 1 is 1.03 bits per heavy atom. The Morgan fingerprint density at radius 2 is 1.74 bits per heavy atom. The number of benzene rings is 3. The third-order valence-electron chi connectivity index (χ3n) is 6.57. The van der Waals surface area contributed by atoms with Crippen molar-refractivity contribution in [2.24, 2.45) is 0 Å². The Labute approximate surface area is 231 Å². The SMILES string of the molecule is Cc1cc(S(=O)(=O)n2cc(-c3nccs3)c3cc(-c4ccc(C(C)(C)C)cc4)ccc32)ccc1OCC(=O)O. The molecule has 0 aliphatic heterocycles. The molecule has 0 fully saturated rings. The summed E-state index contributed by atoms with van der Waals surface area (Å²) in [5.74, 6) is -0.788. The van der Waals surface area contributed by atoms with Crippen molar-refractivity contribution in [1.29, 1.82) is 0 Å². The van der Waals surface area contributed by atoms with Crippen molar-refractivity contribution >= 4 is 38.2 Å². The molecule has 0 aliphatic carbocycles. The second-order valence-electron chi connectivity index (χ2n) is 10.3. The van der Waals surface area contributed by atoms with Crippen LogP contribution in [0.15, 0.2) is 83.3 Å². The number of carboxylic acids is 1. The summed E-state index contributed by atoms with van der Waals surface area (Å²) in [6, 6.07) is 18.6.